The van der Waals surface area contributed by atoms with Gasteiger partial charge >= 0.3 is 0 Å². The van der Waals surface area contributed by atoms with Gasteiger partial charge in [-0.3, -0.25) is 0 Å². The fourth-order valence-electron chi connectivity index (χ4n) is 3.26. The van der Waals surface area contributed by atoms with Gasteiger partial charge in [0.05, 0.1) is 19.8 Å². The van der Waals surface area contributed by atoms with E-state index in [0.717, 1.165) is 31.9 Å². The fourth-order valence-corrected chi connectivity index (χ4v) is 3.26. The van der Waals surface area contributed by atoms with Crippen LogP contribution in [0.5, 0.6) is 0 Å². The van der Waals surface area contributed by atoms with Crippen LogP contribution in [0.3, 0.4) is 0 Å². The van der Waals surface area contributed by atoms with Crippen molar-refractivity contribution in [3.8, 4) is 11.1 Å². The van der Waals surface area contributed by atoms with E-state index in [1.165, 1.54) is 23.2 Å². The van der Waals surface area contributed by atoms with Crippen LogP contribution in [-0.4, -0.2) is 31.4 Å². The van der Waals surface area contributed by atoms with Crippen LogP contribution >= 0.6 is 0 Å². The second-order valence-corrected chi connectivity index (χ2v) is 6.76. The van der Waals surface area contributed by atoms with Gasteiger partial charge in [-0.15, -0.1) is 0 Å². The largest absolute Gasteiger partial charge is 0.392 e. The zero-order chi connectivity index (χ0) is 17.0. The lowest BCUT2D eigenvalue weighted by Crippen LogP contribution is -2.50. The topological polar surface area (TPSA) is 32.7 Å². The Morgan fingerprint density at radius 1 is 0.958 bits per heavy atom. The van der Waals surface area contributed by atoms with Crippen molar-refractivity contribution in [2.24, 2.45) is 5.41 Å². The van der Waals surface area contributed by atoms with E-state index in [4.69, 9.17) is 9.84 Å². The van der Waals surface area contributed by atoms with E-state index in [1.807, 2.05) is 12.1 Å². The highest BCUT2D eigenvalue weighted by atomic mass is 16.5. The molecule has 2 aromatic rings. The maximum Gasteiger partial charge on any atom is 0.0681 e. The number of nitrogens with zero attached hydrogens (tertiary/aromatic N) is 1. The molecule has 128 valence electrons. The van der Waals surface area contributed by atoms with Crippen molar-refractivity contribution in [2.45, 2.75) is 26.9 Å². The molecule has 0 radical (unpaired) electrons. The predicted molar refractivity (Wildman–Crippen MR) is 99.2 cm³/mol. The van der Waals surface area contributed by atoms with E-state index in [9.17, 15) is 0 Å². The number of hydrogen-bond acceptors (Lipinski definition) is 3. The van der Waals surface area contributed by atoms with Crippen molar-refractivity contribution >= 4 is 5.69 Å². The monoisotopic (exact) mass is 325 g/mol. The van der Waals surface area contributed by atoms with Crippen molar-refractivity contribution < 1.29 is 9.84 Å². The Bertz CT molecular complexity index is 639. The summed E-state index contributed by atoms with van der Waals surface area (Å²) in [5.74, 6) is 0. The Labute approximate surface area is 144 Å². The maximum atomic E-state index is 9.15. The Balaban J connectivity index is 1.74. The molecule has 24 heavy (non-hydrogen) atoms. The van der Waals surface area contributed by atoms with Gasteiger partial charge < -0.3 is 14.7 Å². The van der Waals surface area contributed by atoms with Gasteiger partial charge in [0.15, 0.2) is 0 Å². The third-order valence-electron chi connectivity index (χ3n) is 5.18. The molecular weight excluding hydrogens is 298 g/mol. The van der Waals surface area contributed by atoms with Crippen LogP contribution in [0.1, 0.15) is 25.8 Å². The van der Waals surface area contributed by atoms with Crippen LogP contribution in [-0.2, 0) is 11.3 Å². The molecule has 0 aliphatic carbocycles. The van der Waals surface area contributed by atoms with Crippen molar-refractivity contribution in [1.82, 2.24) is 0 Å². The quantitative estimate of drug-likeness (QED) is 0.832. The van der Waals surface area contributed by atoms with Crippen molar-refractivity contribution in [1.29, 1.82) is 0 Å². The van der Waals surface area contributed by atoms with Crippen LogP contribution in [0.4, 0.5) is 5.69 Å². The van der Waals surface area contributed by atoms with E-state index < -0.39 is 0 Å². The molecule has 3 rings (SSSR count). The first-order chi connectivity index (χ1) is 11.7. The fraction of sp³-hybridized carbons (Fsp3) is 0.429. The number of aliphatic hydroxyl groups is 1. The standard InChI is InChI=1S/C21H27NO2/c1-3-21(15-24-16-21)14-22(4-2)20-11-9-19(10-12-20)18-7-5-17(13-23)6-8-18/h5-12,23H,3-4,13-16H2,1-2H3. The van der Waals surface area contributed by atoms with Crippen LogP contribution in [0.2, 0.25) is 0 Å². The Hall–Kier alpha value is -1.84. The average molecular weight is 325 g/mol. The van der Waals surface area contributed by atoms with E-state index in [0.29, 0.717) is 5.41 Å². The Morgan fingerprint density at radius 2 is 1.54 bits per heavy atom. The average Bonchev–Trinajstić information content (AvgIpc) is 2.62. The minimum Gasteiger partial charge on any atom is -0.392 e. The molecule has 0 bridgehead atoms. The first-order valence-corrected chi connectivity index (χ1v) is 8.82. The second kappa shape index (κ2) is 7.37. The van der Waals surface area contributed by atoms with Crippen molar-refractivity contribution in [3.63, 3.8) is 0 Å². The third kappa shape index (κ3) is 3.47. The van der Waals surface area contributed by atoms with Crippen molar-refractivity contribution in [2.75, 3.05) is 31.2 Å². The molecule has 0 atom stereocenters. The van der Waals surface area contributed by atoms with Gasteiger partial charge in [-0.2, -0.15) is 0 Å². The molecule has 1 aliphatic heterocycles. The van der Waals surface area contributed by atoms with Gasteiger partial charge in [-0.05, 0) is 42.2 Å². The molecule has 1 heterocycles. The van der Waals surface area contributed by atoms with Gasteiger partial charge in [-0.25, -0.2) is 0 Å². The highest BCUT2D eigenvalue weighted by Gasteiger charge is 2.38. The predicted octanol–water partition coefficient (Wildman–Crippen LogP) is 4.10. The van der Waals surface area contributed by atoms with Crippen LogP contribution in [0.15, 0.2) is 48.5 Å². The third-order valence-corrected chi connectivity index (χ3v) is 5.18. The number of benzene rings is 2. The smallest absolute Gasteiger partial charge is 0.0681 e. The van der Waals surface area contributed by atoms with Gasteiger partial charge in [0.1, 0.15) is 0 Å². The molecule has 2 aromatic carbocycles. The van der Waals surface area contributed by atoms with Gasteiger partial charge in [0.2, 0.25) is 0 Å². The Kier molecular flexibility index (Phi) is 5.22. The van der Waals surface area contributed by atoms with Gasteiger partial charge in [0, 0.05) is 24.2 Å². The molecule has 3 heteroatoms. The number of hydrogen-bond donors (Lipinski definition) is 1. The summed E-state index contributed by atoms with van der Waals surface area (Å²) in [5, 5.41) is 9.15. The second-order valence-electron chi connectivity index (χ2n) is 6.76. The summed E-state index contributed by atoms with van der Waals surface area (Å²) >= 11 is 0. The van der Waals surface area contributed by atoms with E-state index >= 15 is 0 Å². The SMILES string of the molecule is CCN(CC1(CC)COC1)c1ccc(-c2ccc(CO)cc2)cc1. The van der Waals surface area contributed by atoms with Gasteiger partial charge in [0.25, 0.3) is 0 Å². The summed E-state index contributed by atoms with van der Waals surface area (Å²) in [5.41, 5.74) is 4.93. The lowest BCUT2D eigenvalue weighted by atomic mass is 9.82. The summed E-state index contributed by atoms with van der Waals surface area (Å²) in [6.07, 6.45) is 1.17. The molecule has 0 amide bonds. The van der Waals surface area contributed by atoms with Gasteiger partial charge in [-0.1, -0.05) is 43.3 Å². The molecule has 0 unspecified atom stereocenters. The first kappa shape index (κ1) is 17.0. The first-order valence-electron chi connectivity index (χ1n) is 8.82. The molecule has 1 saturated heterocycles. The maximum absolute atomic E-state index is 9.15. The lowest BCUT2D eigenvalue weighted by Gasteiger charge is -2.44. The Morgan fingerprint density at radius 3 is 1.96 bits per heavy atom. The summed E-state index contributed by atoms with van der Waals surface area (Å²) in [7, 11) is 0. The molecule has 1 fully saturated rings. The summed E-state index contributed by atoms with van der Waals surface area (Å²) in [6, 6.07) is 16.9. The minimum atomic E-state index is 0.0908. The van der Waals surface area contributed by atoms with E-state index in [2.05, 4.69) is 55.1 Å². The number of anilines is 1. The van der Waals surface area contributed by atoms with Crippen LogP contribution in [0, 0.1) is 5.41 Å². The zero-order valence-corrected chi connectivity index (χ0v) is 14.7. The van der Waals surface area contributed by atoms with E-state index in [-0.39, 0.29) is 6.61 Å². The highest BCUT2D eigenvalue weighted by molar-refractivity contribution is 5.66. The van der Waals surface area contributed by atoms with Crippen LogP contribution < -0.4 is 4.90 Å². The van der Waals surface area contributed by atoms with Crippen LogP contribution in [0.25, 0.3) is 11.1 Å². The molecule has 0 saturated carbocycles. The normalized spacial score (nSPS) is 15.8. The highest BCUT2D eigenvalue weighted by Crippen LogP contribution is 2.34. The molecule has 1 aliphatic rings. The number of aliphatic hydroxyl groups excluding tert-OH is 1. The number of ether oxygens (including phenoxy) is 1. The minimum absolute atomic E-state index is 0.0908. The lowest BCUT2D eigenvalue weighted by molar-refractivity contribution is -0.109. The molecule has 0 aromatic heterocycles. The molecule has 0 spiro atoms. The summed E-state index contributed by atoms with van der Waals surface area (Å²) < 4.78 is 5.46. The molecule has 1 N–H and O–H groups in total. The molecular formula is C21H27NO2. The number of rotatable bonds is 7. The van der Waals surface area contributed by atoms with E-state index in [1.54, 1.807) is 0 Å². The summed E-state index contributed by atoms with van der Waals surface area (Å²) in [4.78, 5) is 2.45. The molecule has 3 nitrogen and oxygen atoms in total. The zero-order valence-electron chi connectivity index (χ0n) is 14.7. The van der Waals surface area contributed by atoms with Crippen molar-refractivity contribution in [3.05, 3.63) is 54.1 Å². The summed E-state index contributed by atoms with van der Waals surface area (Å²) in [6.45, 7) is 8.40.